The molecule has 110 valence electrons. The van der Waals surface area contributed by atoms with Crippen molar-refractivity contribution in [2.24, 2.45) is 0 Å². The normalized spacial score (nSPS) is 11.2. The van der Waals surface area contributed by atoms with Gasteiger partial charge in [-0.2, -0.15) is 5.10 Å². The predicted molar refractivity (Wildman–Crippen MR) is 80.2 cm³/mol. The third kappa shape index (κ3) is 2.21. The lowest BCUT2D eigenvalue weighted by molar-refractivity contribution is 0.600. The fourth-order valence-corrected chi connectivity index (χ4v) is 2.88. The number of halogens is 1. The van der Waals surface area contributed by atoms with Gasteiger partial charge in [-0.05, 0) is 19.1 Å². The van der Waals surface area contributed by atoms with Crippen molar-refractivity contribution < 1.29 is 4.39 Å². The second-order valence-electron chi connectivity index (χ2n) is 4.62. The number of fused-ring (bicyclic) bond motifs is 1. The number of nitrogens with one attached hydrogen (secondary N) is 1. The molecule has 0 aliphatic rings. The van der Waals surface area contributed by atoms with Gasteiger partial charge in [0.05, 0.1) is 30.0 Å². The number of anilines is 2. The lowest BCUT2D eigenvalue weighted by Crippen LogP contribution is -2.00. The van der Waals surface area contributed by atoms with Gasteiger partial charge in [0.1, 0.15) is 0 Å². The fraction of sp³-hybridized carbons (Fsp3) is 0.0769. The maximum atomic E-state index is 13.7. The van der Waals surface area contributed by atoms with Gasteiger partial charge in [-0.15, -0.1) is 5.10 Å². The van der Waals surface area contributed by atoms with Crippen molar-refractivity contribution in [2.75, 3.05) is 5.32 Å². The number of nitrogens with zero attached hydrogens (tertiary/aromatic N) is 6. The lowest BCUT2D eigenvalue weighted by atomic mass is 10.4. The smallest absolute Gasteiger partial charge is 0.214 e. The van der Waals surface area contributed by atoms with E-state index in [2.05, 4.69) is 25.5 Å². The summed E-state index contributed by atoms with van der Waals surface area (Å²) in [6.45, 7) is 1.92. The average Bonchev–Trinajstić information content (AvgIpc) is 3.15. The molecule has 0 aliphatic carbocycles. The van der Waals surface area contributed by atoms with E-state index in [0.717, 1.165) is 10.7 Å². The van der Waals surface area contributed by atoms with Crippen molar-refractivity contribution in [3.8, 4) is 5.82 Å². The van der Waals surface area contributed by atoms with Crippen LogP contribution < -0.4 is 5.32 Å². The van der Waals surface area contributed by atoms with Crippen molar-refractivity contribution in [1.82, 2.24) is 29.4 Å². The Morgan fingerprint density at radius 3 is 3.05 bits per heavy atom. The molecule has 1 N–H and O–H groups in total. The molecule has 0 amide bonds. The Hall–Kier alpha value is -2.81. The standard InChI is InChI=1S/C13H10FN7S/c1-8-6-21-13(17-8)22-12(19-21)18-9-5-16-20(7-9)11-10(14)3-2-4-15-11/h2-7H,1H3,(H,18,19). The van der Waals surface area contributed by atoms with Crippen LogP contribution in [0.5, 0.6) is 0 Å². The summed E-state index contributed by atoms with van der Waals surface area (Å²) in [5, 5.41) is 12.3. The van der Waals surface area contributed by atoms with Crippen LogP contribution >= 0.6 is 11.3 Å². The summed E-state index contributed by atoms with van der Waals surface area (Å²) >= 11 is 1.42. The number of aryl methyl sites for hydroxylation is 1. The summed E-state index contributed by atoms with van der Waals surface area (Å²) in [5.74, 6) is -0.277. The van der Waals surface area contributed by atoms with E-state index in [1.54, 1.807) is 16.9 Å². The number of pyridine rings is 1. The maximum absolute atomic E-state index is 13.7. The second-order valence-corrected chi connectivity index (χ2v) is 5.58. The molecule has 0 unspecified atom stereocenters. The first-order valence-electron chi connectivity index (χ1n) is 6.44. The Balaban J connectivity index is 1.61. The van der Waals surface area contributed by atoms with Crippen LogP contribution in [0.3, 0.4) is 0 Å². The molecule has 4 aromatic rings. The highest BCUT2D eigenvalue weighted by atomic mass is 32.1. The summed E-state index contributed by atoms with van der Waals surface area (Å²) in [6, 6.07) is 2.88. The molecule has 0 radical (unpaired) electrons. The Morgan fingerprint density at radius 2 is 2.23 bits per heavy atom. The van der Waals surface area contributed by atoms with E-state index < -0.39 is 5.82 Å². The Labute approximate surface area is 128 Å². The minimum absolute atomic E-state index is 0.153. The van der Waals surface area contributed by atoms with E-state index in [4.69, 9.17) is 0 Å². The molecule has 4 rings (SSSR count). The van der Waals surface area contributed by atoms with Gasteiger partial charge in [0.25, 0.3) is 0 Å². The van der Waals surface area contributed by atoms with Crippen LogP contribution in [0, 0.1) is 12.7 Å². The average molecular weight is 315 g/mol. The third-order valence-corrected chi connectivity index (χ3v) is 3.79. The van der Waals surface area contributed by atoms with Gasteiger partial charge in [0.15, 0.2) is 11.6 Å². The number of imidazole rings is 1. The molecule has 0 aromatic carbocycles. The highest BCUT2D eigenvalue weighted by Crippen LogP contribution is 2.23. The van der Waals surface area contributed by atoms with Gasteiger partial charge in [0, 0.05) is 6.20 Å². The van der Waals surface area contributed by atoms with Crippen molar-refractivity contribution in [1.29, 1.82) is 0 Å². The molecule has 0 bridgehead atoms. The quantitative estimate of drug-likeness (QED) is 0.629. The van der Waals surface area contributed by atoms with Gasteiger partial charge in [-0.25, -0.2) is 23.6 Å². The van der Waals surface area contributed by atoms with Crippen LogP contribution in [0.4, 0.5) is 15.2 Å². The van der Waals surface area contributed by atoms with Gasteiger partial charge in [-0.1, -0.05) is 11.3 Å². The largest absolute Gasteiger partial charge is 0.327 e. The van der Waals surface area contributed by atoms with Crippen molar-refractivity contribution >= 4 is 27.1 Å². The predicted octanol–water partition coefficient (Wildman–Crippen LogP) is 2.56. The number of rotatable bonds is 3. The minimum atomic E-state index is -0.430. The summed E-state index contributed by atoms with van der Waals surface area (Å²) in [7, 11) is 0. The van der Waals surface area contributed by atoms with Crippen molar-refractivity contribution in [2.45, 2.75) is 6.92 Å². The van der Waals surface area contributed by atoms with Crippen LogP contribution in [-0.4, -0.2) is 29.4 Å². The molecule has 0 fully saturated rings. The third-order valence-electron chi connectivity index (χ3n) is 2.95. The number of aromatic nitrogens is 6. The molecule has 4 aromatic heterocycles. The summed E-state index contributed by atoms with van der Waals surface area (Å²) in [5.41, 5.74) is 1.61. The topological polar surface area (TPSA) is 72.9 Å². The van der Waals surface area contributed by atoms with E-state index in [1.165, 1.54) is 34.3 Å². The van der Waals surface area contributed by atoms with Crippen molar-refractivity contribution in [3.63, 3.8) is 0 Å². The molecule has 0 aliphatic heterocycles. The maximum Gasteiger partial charge on any atom is 0.214 e. The fourth-order valence-electron chi connectivity index (χ4n) is 2.03. The molecule has 4 heterocycles. The van der Waals surface area contributed by atoms with E-state index in [-0.39, 0.29) is 5.82 Å². The Bertz CT molecular complexity index is 923. The lowest BCUT2D eigenvalue weighted by Gasteiger charge is -2.00. The SMILES string of the molecule is Cc1cn2nc(Nc3cnn(-c4ncccc4F)c3)sc2n1. The van der Waals surface area contributed by atoms with Gasteiger partial charge >= 0.3 is 0 Å². The zero-order valence-corrected chi connectivity index (χ0v) is 12.3. The van der Waals surface area contributed by atoms with Crippen LogP contribution in [-0.2, 0) is 0 Å². The molecule has 9 heteroatoms. The Morgan fingerprint density at radius 1 is 1.32 bits per heavy atom. The molecule has 0 saturated heterocycles. The molecule has 0 saturated carbocycles. The van der Waals surface area contributed by atoms with Gasteiger partial charge in [-0.3, -0.25) is 0 Å². The first kappa shape index (κ1) is 12.9. The Kier molecular flexibility index (Phi) is 2.86. The highest BCUT2D eigenvalue weighted by molar-refractivity contribution is 7.20. The van der Waals surface area contributed by atoms with Crippen LogP contribution in [0.25, 0.3) is 10.8 Å². The monoisotopic (exact) mass is 315 g/mol. The second kappa shape index (κ2) is 4.88. The molecule has 0 spiro atoms. The zero-order valence-electron chi connectivity index (χ0n) is 11.4. The summed E-state index contributed by atoms with van der Waals surface area (Å²) < 4.78 is 16.8. The van der Waals surface area contributed by atoms with E-state index in [9.17, 15) is 4.39 Å². The van der Waals surface area contributed by atoms with E-state index in [0.29, 0.717) is 10.8 Å². The first-order chi connectivity index (χ1) is 10.7. The van der Waals surface area contributed by atoms with Gasteiger partial charge < -0.3 is 5.32 Å². The number of hydrogen-bond donors (Lipinski definition) is 1. The molecule has 22 heavy (non-hydrogen) atoms. The number of hydrogen-bond acceptors (Lipinski definition) is 6. The molecular weight excluding hydrogens is 305 g/mol. The van der Waals surface area contributed by atoms with Crippen molar-refractivity contribution in [3.05, 3.63) is 48.4 Å². The van der Waals surface area contributed by atoms with E-state index in [1.807, 2.05) is 13.1 Å². The van der Waals surface area contributed by atoms with E-state index >= 15 is 0 Å². The van der Waals surface area contributed by atoms with Crippen LogP contribution in [0.1, 0.15) is 5.69 Å². The molecular formula is C13H10FN7S. The molecule has 7 nitrogen and oxygen atoms in total. The van der Waals surface area contributed by atoms with Crippen LogP contribution in [0.2, 0.25) is 0 Å². The molecule has 0 atom stereocenters. The highest BCUT2D eigenvalue weighted by Gasteiger charge is 2.10. The summed E-state index contributed by atoms with van der Waals surface area (Å²) in [6.07, 6.45) is 6.61. The summed E-state index contributed by atoms with van der Waals surface area (Å²) in [4.78, 5) is 9.12. The van der Waals surface area contributed by atoms with Crippen LogP contribution in [0.15, 0.2) is 36.9 Å². The van der Waals surface area contributed by atoms with Gasteiger partial charge in [0.2, 0.25) is 10.1 Å². The first-order valence-corrected chi connectivity index (χ1v) is 7.26. The minimum Gasteiger partial charge on any atom is -0.327 e. The zero-order chi connectivity index (χ0) is 15.1.